The lowest BCUT2D eigenvalue weighted by molar-refractivity contribution is -0.266. The number of benzene rings is 2. The van der Waals surface area contributed by atoms with Crippen LogP contribution in [-0.2, 0) is 22.8 Å². The Hall–Kier alpha value is -2.40. The van der Waals surface area contributed by atoms with E-state index in [4.69, 9.17) is 16.3 Å². The lowest BCUT2D eigenvalue weighted by Crippen LogP contribution is -2.51. The summed E-state index contributed by atoms with van der Waals surface area (Å²) >= 11 is 5.46. The molecule has 2 aromatic carbocycles. The summed E-state index contributed by atoms with van der Waals surface area (Å²) < 4.78 is 114. The summed E-state index contributed by atoms with van der Waals surface area (Å²) in [6, 6.07) is 3.06. The van der Waals surface area contributed by atoms with E-state index in [0.717, 1.165) is 25.1 Å². The first-order chi connectivity index (χ1) is 15.3. The molecule has 0 spiro atoms. The summed E-state index contributed by atoms with van der Waals surface area (Å²) in [7, 11) is 0. The van der Waals surface area contributed by atoms with Gasteiger partial charge < -0.3 is 9.84 Å². The van der Waals surface area contributed by atoms with Gasteiger partial charge in [0.2, 0.25) is 0 Å². The molecule has 0 aromatic heterocycles. The summed E-state index contributed by atoms with van der Waals surface area (Å²) in [5, 5.41) is 9.56. The predicted molar refractivity (Wildman–Crippen MR) is 106 cm³/mol. The van der Waals surface area contributed by atoms with Gasteiger partial charge in [0, 0.05) is 18.9 Å². The Morgan fingerprint density at radius 2 is 1.62 bits per heavy atom. The molecule has 0 aliphatic carbocycles. The molecule has 1 N–H and O–H groups in total. The Morgan fingerprint density at radius 1 is 1.03 bits per heavy atom. The van der Waals surface area contributed by atoms with Crippen LogP contribution in [0.15, 0.2) is 30.3 Å². The highest BCUT2D eigenvalue weighted by Gasteiger charge is 2.56. The minimum Gasteiger partial charge on any atom is -0.426 e. The summed E-state index contributed by atoms with van der Waals surface area (Å²) in [4.78, 5) is 11.4. The first-order valence-corrected chi connectivity index (χ1v) is 9.97. The number of halogens is 9. The molecule has 1 unspecified atom stereocenters. The van der Waals surface area contributed by atoms with Crippen LogP contribution in [-0.4, -0.2) is 22.9 Å². The van der Waals surface area contributed by atoms with E-state index >= 15 is 0 Å². The number of hydrogen-bond acceptors (Lipinski definition) is 3. The van der Waals surface area contributed by atoms with Crippen molar-refractivity contribution in [1.29, 1.82) is 0 Å². The van der Waals surface area contributed by atoms with Gasteiger partial charge in [0.1, 0.15) is 17.4 Å². The monoisotopic (exact) mass is 518 g/mol. The average Bonchev–Trinajstić information content (AvgIpc) is 2.64. The fourth-order valence-corrected chi connectivity index (χ4v) is 3.86. The highest BCUT2D eigenvalue weighted by molar-refractivity contribution is 6.30. The SMILES string of the molecule is CC(=O)Oc1ccc(F)cc1C(C)(C)CC(O)(Cc1cc(C(F)(F)F)cc(Cl)c1F)C(F)(F)F. The number of hydrogen-bond donors (Lipinski definition) is 1. The van der Waals surface area contributed by atoms with Crippen LogP contribution in [0.4, 0.5) is 35.1 Å². The van der Waals surface area contributed by atoms with Gasteiger partial charge in [-0.2, -0.15) is 26.3 Å². The third kappa shape index (κ3) is 6.18. The van der Waals surface area contributed by atoms with Crippen LogP contribution in [0.2, 0.25) is 5.02 Å². The van der Waals surface area contributed by atoms with E-state index in [2.05, 4.69) is 0 Å². The minimum absolute atomic E-state index is 0.136. The molecule has 1 atom stereocenters. The maximum atomic E-state index is 14.4. The van der Waals surface area contributed by atoms with Gasteiger partial charge in [-0.1, -0.05) is 25.4 Å². The molecule has 0 amide bonds. The summed E-state index contributed by atoms with van der Waals surface area (Å²) in [5.41, 5.74) is -8.38. The zero-order valence-electron chi connectivity index (χ0n) is 18.0. The van der Waals surface area contributed by atoms with Crippen LogP contribution < -0.4 is 4.74 Å². The third-order valence-corrected chi connectivity index (χ3v) is 5.38. The van der Waals surface area contributed by atoms with Crippen molar-refractivity contribution in [3.63, 3.8) is 0 Å². The number of carbonyl (C=O) groups excluding carboxylic acids is 1. The van der Waals surface area contributed by atoms with Crippen LogP contribution in [0.1, 0.15) is 43.9 Å². The Balaban J connectivity index is 2.60. The molecule has 0 fully saturated rings. The molecule has 2 aromatic rings. The quantitative estimate of drug-likeness (QED) is 0.261. The van der Waals surface area contributed by atoms with E-state index < -0.39 is 70.0 Å². The van der Waals surface area contributed by atoms with Gasteiger partial charge in [-0.15, -0.1) is 0 Å². The Bertz CT molecular complexity index is 1080. The number of rotatable bonds is 6. The summed E-state index contributed by atoms with van der Waals surface area (Å²) in [5.74, 6) is -3.57. The Kier molecular flexibility index (Phi) is 7.64. The minimum atomic E-state index is -5.45. The summed E-state index contributed by atoms with van der Waals surface area (Å²) in [6.07, 6.45) is -13.4. The molecule has 2 rings (SSSR count). The second-order valence-corrected chi connectivity index (χ2v) is 8.84. The molecule has 0 heterocycles. The molecule has 0 radical (unpaired) electrons. The van der Waals surface area contributed by atoms with Crippen molar-refractivity contribution in [3.05, 3.63) is 63.7 Å². The van der Waals surface area contributed by atoms with Gasteiger partial charge >= 0.3 is 18.3 Å². The molecule has 34 heavy (non-hydrogen) atoms. The molecule has 0 bridgehead atoms. The lowest BCUT2D eigenvalue weighted by Gasteiger charge is -2.38. The number of esters is 1. The van der Waals surface area contributed by atoms with E-state index in [1.165, 1.54) is 13.8 Å². The zero-order chi connectivity index (χ0) is 26.3. The van der Waals surface area contributed by atoms with Crippen molar-refractivity contribution in [2.75, 3.05) is 0 Å². The number of ether oxygens (including phenoxy) is 1. The second-order valence-electron chi connectivity index (χ2n) is 8.43. The number of carbonyl (C=O) groups is 1. The molecule has 0 aliphatic rings. The van der Waals surface area contributed by atoms with Crippen molar-refractivity contribution in [1.82, 2.24) is 0 Å². The largest absolute Gasteiger partial charge is 0.426 e. The van der Waals surface area contributed by atoms with Gasteiger partial charge in [0.25, 0.3) is 0 Å². The van der Waals surface area contributed by atoms with Crippen LogP contribution in [0.25, 0.3) is 0 Å². The predicted octanol–water partition coefficient (Wildman–Crippen LogP) is 6.77. The maximum Gasteiger partial charge on any atom is 0.417 e. The van der Waals surface area contributed by atoms with Crippen molar-refractivity contribution in [3.8, 4) is 5.75 Å². The normalized spacial score (nSPS) is 14.6. The van der Waals surface area contributed by atoms with Crippen molar-refractivity contribution in [2.45, 2.75) is 57.0 Å². The van der Waals surface area contributed by atoms with Gasteiger partial charge in [0.05, 0.1) is 10.6 Å². The van der Waals surface area contributed by atoms with Crippen LogP contribution in [0, 0.1) is 11.6 Å². The fourth-order valence-electron chi connectivity index (χ4n) is 3.62. The smallest absolute Gasteiger partial charge is 0.417 e. The maximum absolute atomic E-state index is 14.4. The van der Waals surface area contributed by atoms with E-state index in [0.29, 0.717) is 0 Å². The van der Waals surface area contributed by atoms with E-state index in [1.54, 1.807) is 0 Å². The van der Waals surface area contributed by atoms with Crippen LogP contribution >= 0.6 is 11.6 Å². The molecule has 0 aliphatic heterocycles. The standard InChI is InChI=1S/C22H19ClF8O3/c1-11(32)34-17-5-4-14(24)8-15(17)19(2,3)10-20(33,22(29,30)31)9-12-6-13(21(26,27)28)7-16(23)18(12)25/h4-8,33H,9-10H2,1-3H3. The number of aliphatic hydroxyl groups is 1. The molecule has 0 saturated carbocycles. The second kappa shape index (κ2) is 9.33. The average molecular weight is 519 g/mol. The molecule has 12 heteroatoms. The van der Waals surface area contributed by atoms with Crippen molar-refractivity contribution < 1.29 is 49.8 Å². The highest BCUT2D eigenvalue weighted by Crippen LogP contribution is 2.46. The lowest BCUT2D eigenvalue weighted by atomic mass is 9.72. The number of alkyl halides is 6. The van der Waals surface area contributed by atoms with Gasteiger partial charge in [-0.05, 0) is 47.7 Å². The van der Waals surface area contributed by atoms with Crippen molar-refractivity contribution in [2.24, 2.45) is 0 Å². The van der Waals surface area contributed by atoms with E-state index in [-0.39, 0.29) is 23.4 Å². The topological polar surface area (TPSA) is 46.5 Å². The van der Waals surface area contributed by atoms with Crippen molar-refractivity contribution >= 4 is 17.6 Å². The molecule has 3 nitrogen and oxygen atoms in total. The van der Waals surface area contributed by atoms with Gasteiger partial charge in [-0.25, -0.2) is 8.78 Å². The Morgan fingerprint density at radius 3 is 2.12 bits per heavy atom. The molecule has 0 saturated heterocycles. The third-order valence-electron chi connectivity index (χ3n) is 5.10. The molecule has 188 valence electrons. The van der Waals surface area contributed by atoms with Gasteiger partial charge in [-0.3, -0.25) is 4.79 Å². The van der Waals surface area contributed by atoms with Crippen LogP contribution in [0.5, 0.6) is 5.75 Å². The van der Waals surface area contributed by atoms with E-state index in [9.17, 15) is 45.0 Å². The van der Waals surface area contributed by atoms with Crippen LogP contribution in [0.3, 0.4) is 0 Å². The first-order valence-electron chi connectivity index (χ1n) is 9.59. The first kappa shape index (κ1) is 27.8. The zero-order valence-corrected chi connectivity index (χ0v) is 18.7. The molecular weight excluding hydrogens is 500 g/mol. The van der Waals surface area contributed by atoms with E-state index in [1.807, 2.05) is 0 Å². The van der Waals surface area contributed by atoms with Gasteiger partial charge in [0.15, 0.2) is 5.60 Å². The highest BCUT2D eigenvalue weighted by atomic mass is 35.5. The molecular formula is C22H19ClF8O3. The summed E-state index contributed by atoms with van der Waals surface area (Å²) in [6.45, 7) is 3.34. The Labute approximate surface area is 194 Å². The fraction of sp³-hybridized carbons (Fsp3) is 0.409.